The highest BCUT2D eigenvalue weighted by Gasteiger charge is 2.34. The van der Waals surface area contributed by atoms with Crippen LogP contribution in [0.2, 0.25) is 0 Å². The van der Waals surface area contributed by atoms with E-state index in [4.69, 9.17) is 0 Å². The van der Waals surface area contributed by atoms with E-state index in [1.165, 1.54) is 0 Å². The largest absolute Gasteiger partial charge is 0.396 e. The van der Waals surface area contributed by atoms with Crippen LogP contribution in [-0.2, 0) is 9.59 Å². The van der Waals surface area contributed by atoms with Gasteiger partial charge < -0.3 is 10.4 Å². The number of amides is 1. The van der Waals surface area contributed by atoms with Gasteiger partial charge in [-0.3, -0.25) is 9.59 Å². The highest BCUT2D eigenvalue weighted by molar-refractivity contribution is 5.96. The molecule has 0 aromatic heterocycles. The zero-order chi connectivity index (χ0) is 12.2. The molecule has 0 heterocycles. The van der Waals surface area contributed by atoms with Crippen LogP contribution < -0.4 is 5.32 Å². The number of rotatable bonds is 6. The van der Waals surface area contributed by atoms with Crippen LogP contribution in [0, 0.1) is 11.3 Å². The van der Waals surface area contributed by atoms with Gasteiger partial charge in [0.15, 0.2) is 0 Å². The zero-order valence-electron chi connectivity index (χ0n) is 10.1. The molecule has 4 heteroatoms. The second-order valence-corrected chi connectivity index (χ2v) is 4.73. The summed E-state index contributed by atoms with van der Waals surface area (Å²) in [6.07, 6.45) is 2.44. The summed E-state index contributed by atoms with van der Waals surface area (Å²) in [4.78, 5) is 22.4. The maximum Gasteiger partial charge on any atom is 0.224 e. The molecule has 16 heavy (non-hydrogen) atoms. The summed E-state index contributed by atoms with van der Waals surface area (Å²) >= 11 is 0. The number of hydrogen-bond acceptors (Lipinski definition) is 3. The van der Waals surface area contributed by atoms with Gasteiger partial charge in [0.1, 0.15) is 5.78 Å². The highest BCUT2D eigenvalue weighted by Crippen LogP contribution is 2.26. The SMILES string of the molecule is CCC(CC)(CO)CNC(=O)C1CC(=O)C1. The summed E-state index contributed by atoms with van der Waals surface area (Å²) in [5.74, 6) is -0.00325. The first-order chi connectivity index (χ1) is 7.56. The predicted octanol–water partition coefficient (Wildman–Crippen LogP) is 0.880. The van der Waals surface area contributed by atoms with Crippen molar-refractivity contribution >= 4 is 11.7 Å². The Morgan fingerprint density at radius 2 is 2.00 bits per heavy atom. The zero-order valence-corrected chi connectivity index (χ0v) is 10.1. The molecule has 0 radical (unpaired) electrons. The van der Waals surface area contributed by atoms with Crippen molar-refractivity contribution in [3.63, 3.8) is 0 Å². The van der Waals surface area contributed by atoms with E-state index in [0.29, 0.717) is 19.4 Å². The van der Waals surface area contributed by atoms with Gasteiger partial charge >= 0.3 is 0 Å². The van der Waals surface area contributed by atoms with Crippen molar-refractivity contribution < 1.29 is 14.7 Å². The molecule has 0 unspecified atom stereocenters. The fraction of sp³-hybridized carbons (Fsp3) is 0.833. The Hall–Kier alpha value is -0.900. The lowest BCUT2D eigenvalue weighted by Gasteiger charge is -2.31. The van der Waals surface area contributed by atoms with Gasteiger partial charge in [-0.25, -0.2) is 0 Å². The summed E-state index contributed by atoms with van der Waals surface area (Å²) < 4.78 is 0. The van der Waals surface area contributed by atoms with Crippen LogP contribution >= 0.6 is 0 Å². The molecule has 0 aromatic carbocycles. The van der Waals surface area contributed by atoms with Crippen LogP contribution in [0.1, 0.15) is 39.5 Å². The monoisotopic (exact) mass is 227 g/mol. The first kappa shape index (κ1) is 13.2. The van der Waals surface area contributed by atoms with Crippen LogP contribution in [0.15, 0.2) is 0 Å². The molecule has 0 aliphatic heterocycles. The lowest BCUT2D eigenvalue weighted by atomic mass is 9.81. The van der Waals surface area contributed by atoms with E-state index in [2.05, 4.69) is 5.32 Å². The second kappa shape index (κ2) is 5.43. The maximum atomic E-state index is 11.6. The normalized spacial score (nSPS) is 17.1. The first-order valence-corrected chi connectivity index (χ1v) is 5.97. The fourth-order valence-electron chi connectivity index (χ4n) is 1.87. The summed E-state index contributed by atoms with van der Waals surface area (Å²) in [5, 5.41) is 12.2. The van der Waals surface area contributed by atoms with Crippen molar-refractivity contribution in [1.29, 1.82) is 0 Å². The van der Waals surface area contributed by atoms with Crippen molar-refractivity contribution in [2.24, 2.45) is 11.3 Å². The minimum atomic E-state index is -0.205. The number of aliphatic hydroxyl groups excluding tert-OH is 1. The van der Waals surface area contributed by atoms with Crippen LogP contribution in [0.4, 0.5) is 0 Å². The Labute approximate surface area is 96.4 Å². The van der Waals surface area contributed by atoms with E-state index in [9.17, 15) is 14.7 Å². The first-order valence-electron chi connectivity index (χ1n) is 5.97. The molecule has 0 spiro atoms. The van der Waals surface area contributed by atoms with Crippen molar-refractivity contribution in [2.75, 3.05) is 13.2 Å². The molecule has 0 aromatic rings. The van der Waals surface area contributed by atoms with Crippen molar-refractivity contribution in [3.05, 3.63) is 0 Å². The molecule has 0 atom stereocenters. The number of aliphatic hydroxyl groups is 1. The average Bonchev–Trinajstić information content (AvgIpc) is 2.27. The van der Waals surface area contributed by atoms with E-state index in [-0.39, 0.29) is 29.6 Å². The number of carbonyl (C=O) groups is 2. The highest BCUT2D eigenvalue weighted by atomic mass is 16.3. The van der Waals surface area contributed by atoms with Crippen LogP contribution in [0.3, 0.4) is 0 Å². The van der Waals surface area contributed by atoms with E-state index in [1.54, 1.807) is 0 Å². The molecule has 92 valence electrons. The summed E-state index contributed by atoms with van der Waals surface area (Å²) in [6.45, 7) is 4.61. The van der Waals surface area contributed by atoms with Gasteiger partial charge in [0.05, 0.1) is 12.5 Å². The van der Waals surface area contributed by atoms with Gasteiger partial charge in [0.2, 0.25) is 5.91 Å². The van der Waals surface area contributed by atoms with Gasteiger partial charge in [-0.1, -0.05) is 13.8 Å². The van der Waals surface area contributed by atoms with Gasteiger partial charge in [0.25, 0.3) is 0 Å². The lowest BCUT2D eigenvalue weighted by molar-refractivity contribution is -0.138. The van der Waals surface area contributed by atoms with Gasteiger partial charge in [-0.2, -0.15) is 0 Å². The molecule has 1 fully saturated rings. The summed E-state index contributed by atoms with van der Waals surface area (Å²) in [5.41, 5.74) is -0.205. The third-order valence-corrected chi connectivity index (χ3v) is 3.79. The fourth-order valence-corrected chi connectivity index (χ4v) is 1.87. The Morgan fingerprint density at radius 3 is 2.38 bits per heavy atom. The molecular formula is C12H21NO3. The van der Waals surface area contributed by atoms with Crippen LogP contribution in [0.25, 0.3) is 0 Å². The second-order valence-electron chi connectivity index (χ2n) is 4.73. The molecule has 4 nitrogen and oxygen atoms in total. The average molecular weight is 227 g/mol. The molecule has 1 aliphatic carbocycles. The van der Waals surface area contributed by atoms with Crippen molar-refractivity contribution in [3.8, 4) is 0 Å². The number of nitrogens with one attached hydrogen (secondary N) is 1. The van der Waals surface area contributed by atoms with E-state index in [1.807, 2.05) is 13.8 Å². The lowest BCUT2D eigenvalue weighted by Crippen LogP contribution is -2.44. The maximum absolute atomic E-state index is 11.6. The topological polar surface area (TPSA) is 66.4 Å². The third-order valence-electron chi connectivity index (χ3n) is 3.79. The minimum absolute atomic E-state index is 0.0423. The Kier molecular flexibility index (Phi) is 4.47. The third kappa shape index (κ3) is 2.82. The number of carbonyl (C=O) groups excluding carboxylic acids is 2. The number of ketones is 1. The van der Waals surface area contributed by atoms with Crippen LogP contribution in [-0.4, -0.2) is 29.9 Å². The van der Waals surface area contributed by atoms with E-state index < -0.39 is 0 Å². The Balaban J connectivity index is 2.37. The quantitative estimate of drug-likeness (QED) is 0.708. The van der Waals surface area contributed by atoms with E-state index in [0.717, 1.165) is 12.8 Å². The smallest absolute Gasteiger partial charge is 0.224 e. The number of Topliss-reactive ketones (excluding diaryl/α,β-unsaturated/α-hetero) is 1. The molecule has 1 aliphatic rings. The standard InChI is InChI=1S/C12H21NO3/c1-3-12(4-2,8-14)7-13-11(16)9-5-10(15)6-9/h9,14H,3-8H2,1-2H3,(H,13,16). The molecular weight excluding hydrogens is 206 g/mol. The van der Waals surface area contributed by atoms with E-state index >= 15 is 0 Å². The molecule has 1 rings (SSSR count). The van der Waals surface area contributed by atoms with Gasteiger partial charge in [-0.05, 0) is 12.8 Å². The molecule has 1 saturated carbocycles. The van der Waals surface area contributed by atoms with Crippen molar-refractivity contribution in [1.82, 2.24) is 5.32 Å². The molecule has 0 bridgehead atoms. The Bertz CT molecular complexity index is 255. The van der Waals surface area contributed by atoms with Gasteiger partial charge in [-0.15, -0.1) is 0 Å². The van der Waals surface area contributed by atoms with Crippen LogP contribution in [0.5, 0.6) is 0 Å². The minimum Gasteiger partial charge on any atom is -0.396 e. The molecule has 0 saturated heterocycles. The Morgan fingerprint density at radius 1 is 1.44 bits per heavy atom. The summed E-state index contributed by atoms with van der Waals surface area (Å²) in [7, 11) is 0. The van der Waals surface area contributed by atoms with Gasteiger partial charge in [0, 0.05) is 24.8 Å². The molecule has 2 N–H and O–H groups in total. The summed E-state index contributed by atoms with van der Waals surface area (Å²) in [6, 6.07) is 0. The molecule has 1 amide bonds. The number of hydrogen-bond donors (Lipinski definition) is 2. The van der Waals surface area contributed by atoms with Crippen molar-refractivity contribution in [2.45, 2.75) is 39.5 Å². The predicted molar refractivity (Wildman–Crippen MR) is 60.8 cm³/mol.